The van der Waals surface area contributed by atoms with Crippen molar-refractivity contribution >= 4 is 17.7 Å². The molecule has 3 aliphatic rings. The Morgan fingerprint density at radius 2 is 1.63 bits per heavy atom. The summed E-state index contributed by atoms with van der Waals surface area (Å²) in [6, 6.07) is 8.87. The molecule has 27 heavy (non-hydrogen) atoms. The molecule has 1 aromatic rings. The maximum atomic E-state index is 12.9. The molecule has 0 atom stereocenters. The summed E-state index contributed by atoms with van der Waals surface area (Å²) in [5.74, 6) is -0.395. The van der Waals surface area contributed by atoms with Gasteiger partial charge in [0.05, 0.1) is 5.92 Å². The van der Waals surface area contributed by atoms with Crippen LogP contribution in [0.25, 0.3) is 0 Å². The van der Waals surface area contributed by atoms with Crippen molar-refractivity contribution < 1.29 is 14.7 Å². The summed E-state index contributed by atoms with van der Waals surface area (Å²) in [5.41, 5.74) is 2.24. The molecular formula is C21H29N3O3. The summed E-state index contributed by atoms with van der Waals surface area (Å²) in [5, 5.41) is 12.5. The van der Waals surface area contributed by atoms with Crippen molar-refractivity contribution in [2.45, 2.75) is 50.5 Å². The Hall–Kier alpha value is -2.08. The molecule has 6 nitrogen and oxygen atoms in total. The number of hydrogen-bond acceptors (Lipinski definition) is 3. The molecule has 3 fully saturated rings. The zero-order valence-electron chi connectivity index (χ0n) is 15.8. The Morgan fingerprint density at radius 3 is 2.26 bits per heavy atom. The first kappa shape index (κ1) is 18.3. The number of carbonyl (C=O) groups excluding carboxylic acids is 1. The van der Waals surface area contributed by atoms with Gasteiger partial charge in [-0.1, -0.05) is 12.1 Å². The minimum absolute atomic E-state index is 0.136. The van der Waals surface area contributed by atoms with Crippen LogP contribution in [0, 0.1) is 5.92 Å². The second-order valence-corrected chi connectivity index (χ2v) is 8.09. The maximum Gasteiger partial charge on any atom is 0.324 e. The number of carboxylic acids is 1. The van der Waals surface area contributed by atoms with Crippen LogP contribution in [-0.2, 0) is 4.79 Å². The highest BCUT2D eigenvalue weighted by atomic mass is 16.4. The predicted octanol–water partition coefficient (Wildman–Crippen LogP) is 3.04. The quantitative estimate of drug-likeness (QED) is 0.853. The lowest BCUT2D eigenvalue weighted by Crippen LogP contribution is -2.45. The fourth-order valence-corrected chi connectivity index (χ4v) is 4.85. The number of carboxylic acid groups (broad SMARTS) is 1. The topological polar surface area (TPSA) is 72.9 Å². The van der Waals surface area contributed by atoms with Crippen molar-refractivity contribution in [3.8, 4) is 0 Å². The van der Waals surface area contributed by atoms with E-state index in [2.05, 4.69) is 29.6 Å². The van der Waals surface area contributed by atoms with Gasteiger partial charge in [-0.05, 0) is 75.2 Å². The van der Waals surface area contributed by atoms with Gasteiger partial charge in [0.25, 0.3) is 0 Å². The summed E-state index contributed by atoms with van der Waals surface area (Å²) >= 11 is 0. The lowest BCUT2D eigenvalue weighted by molar-refractivity contribution is -0.142. The van der Waals surface area contributed by atoms with Crippen LogP contribution in [0.2, 0.25) is 0 Å². The lowest BCUT2D eigenvalue weighted by Gasteiger charge is -2.31. The molecule has 4 rings (SSSR count). The van der Waals surface area contributed by atoms with Gasteiger partial charge in [-0.2, -0.15) is 0 Å². The summed E-state index contributed by atoms with van der Waals surface area (Å²) < 4.78 is 0. The number of nitrogens with one attached hydrogen (secondary N) is 1. The van der Waals surface area contributed by atoms with Crippen LogP contribution >= 0.6 is 0 Å². The molecule has 1 saturated carbocycles. The number of rotatable bonds is 4. The molecule has 146 valence electrons. The van der Waals surface area contributed by atoms with E-state index in [0.717, 1.165) is 70.4 Å². The van der Waals surface area contributed by atoms with E-state index < -0.39 is 5.97 Å². The van der Waals surface area contributed by atoms with Crippen LogP contribution in [0.4, 0.5) is 10.5 Å². The number of amides is 2. The molecular weight excluding hydrogens is 342 g/mol. The fourth-order valence-electron chi connectivity index (χ4n) is 4.85. The molecule has 1 aromatic carbocycles. The van der Waals surface area contributed by atoms with Crippen molar-refractivity contribution in [2.75, 3.05) is 31.1 Å². The number of benzene rings is 1. The van der Waals surface area contributed by atoms with Gasteiger partial charge in [0, 0.05) is 24.8 Å². The highest BCUT2D eigenvalue weighted by Gasteiger charge is 2.35. The minimum Gasteiger partial charge on any atom is -0.481 e. The second-order valence-electron chi connectivity index (χ2n) is 8.09. The third kappa shape index (κ3) is 3.81. The van der Waals surface area contributed by atoms with E-state index >= 15 is 0 Å². The van der Waals surface area contributed by atoms with Gasteiger partial charge in [0.1, 0.15) is 0 Å². The van der Waals surface area contributed by atoms with E-state index in [9.17, 15) is 9.59 Å². The third-order valence-corrected chi connectivity index (χ3v) is 6.54. The maximum absolute atomic E-state index is 12.9. The Kier molecular flexibility index (Phi) is 5.34. The summed E-state index contributed by atoms with van der Waals surface area (Å²) in [7, 11) is 0. The Bertz CT molecular complexity index is 676. The molecule has 0 radical (unpaired) electrons. The molecule has 0 spiro atoms. The molecule has 2 N–H and O–H groups in total. The van der Waals surface area contributed by atoms with Crippen LogP contribution in [0.3, 0.4) is 0 Å². The van der Waals surface area contributed by atoms with E-state index in [0.29, 0.717) is 12.0 Å². The number of carbonyl (C=O) groups is 2. The van der Waals surface area contributed by atoms with E-state index in [1.807, 2.05) is 9.80 Å². The van der Waals surface area contributed by atoms with Crippen molar-refractivity contribution in [2.24, 2.45) is 5.92 Å². The largest absolute Gasteiger partial charge is 0.481 e. The molecule has 2 saturated heterocycles. The predicted molar refractivity (Wildman–Crippen MR) is 104 cm³/mol. The van der Waals surface area contributed by atoms with Gasteiger partial charge < -0.3 is 15.3 Å². The molecule has 2 heterocycles. The summed E-state index contributed by atoms with van der Waals surface area (Å²) in [6.45, 7) is 3.55. The SMILES string of the molecule is O=C(O)C1CCC(c2ccc(N3CCN(C4CCNCC4)C3=O)cc2)CC1. The number of anilines is 1. The van der Waals surface area contributed by atoms with Crippen LogP contribution in [0.5, 0.6) is 0 Å². The smallest absolute Gasteiger partial charge is 0.324 e. The molecule has 2 amide bonds. The Balaban J connectivity index is 1.38. The Labute approximate surface area is 160 Å². The first-order valence-electron chi connectivity index (χ1n) is 10.2. The number of nitrogens with zero attached hydrogens (tertiary/aromatic N) is 2. The first-order valence-corrected chi connectivity index (χ1v) is 10.2. The number of hydrogen-bond donors (Lipinski definition) is 2. The zero-order valence-corrected chi connectivity index (χ0v) is 15.8. The molecule has 2 aliphatic heterocycles. The molecule has 0 unspecified atom stereocenters. The monoisotopic (exact) mass is 371 g/mol. The van der Waals surface area contributed by atoms with Crippen LogP contribution in [0.1, 0.15) is 50.0 Å². The van der Waals surface area contributed by atoms with Crippen LogP contribution in [-0.4, -0.2) is 54.2 Å². The van der Waals surface area contributed by atoms with E-state index in [4.69, 9.17) is 5.11 Å². The van der Waals surface area contributed by atoms with E-state index in [1.54, 1.807) is 0 Å². The van der Waals surface area contributed by atoms with Gasteiger partial charge in [0.15, 0.2) is 0 Å². The van der Waals surface area contributed by atoms with Gasteiger partial charge in [0.2, 0.25) is 0 Å². The van der Waals surface area contributed by atoms with Gasteiger partial charge in [-0.15, -0.1) is 0 Å². The standard InChI is InChI=1S/C21H29N3O3/c25-20(26)17-3-1-15(2-4-17)16-5-7-18(8-6-16)23-13-14-24(21(23)27)19-9-11-22-12-10-19/h5-8,15,17,19,22H,1-4,9-14H2,(H,25,26). The normalized spacial score (nSPS) is 27.2. The molecule has 6 heteroatoms. The summed E-state index contributed by atoms with van der Waals surface area (Å²) in [6.07, 6.45) is 5.47. The third-order valence-electron chi connectivity index (χ3n) is 6.54. The number of aliphatic carboxylic acids is 1. The van der Waals surface area contributed by atoms with Crippen LogP contribution < -0.4 is 10.2 Å². The van der Waals surface area contributed by atoms with Gasteiger partial charge in [-0.3, -0.25) is 9.69 Å². The van der Waals surface area contributed by atoms with Crippen molar-refractivity contribution in [3.05, 3.63) is 29.8 Å². The van der Waals surface area contributed by atoms with Crippen molar-refractivity contribution in [3.63, 3.8) is 0 Å². The number of piperidine rings is 1. The van der Waals surface area contributed by atoms with Crippen LogP contribution in [0.15, 0.2) is 24.3 Å². The summed E-state index contributed by atoms with van der Waals surface area (Å²) in [4.78, 5) is 27.9. The zero-order chi connectivity index (χ0) is 18.8. The van der Waals surface area contributed by atoms with E-state index in [-0.39, 0.29) is 11.9 Å². The number of urea groups is 1. The van der Waals surface area contributed by atoms with E-state index in [1.165, 1.54) is 5.56 Å². The van der Waals surface area contributed by atoms with Crippen molar-refractivity contribution in [1.29, 1.82) is 0 Å². The minimum atomic E-state index is -0.658. The molecule has 1 aliphatic carbocycles. The fraction of sp³-hybridized carbons (Fsp3) is 0.619. The lowest BCUT2D eigenvalue weighted by atomic mass is 9.79. The Morgan fingerprint density at radius 1 is 0.963 bits per heavy atom. The average Bonchev–Trinajstić information content (AvgIpc) is 3.10. The first-order chi connectivity index (χ1) is 13.1. The molecule has 0 aromatic heterocycles. The van der Waals surface area contributed by atoms with Gasteiger partial charge >= 0.3 is 12.0 Å². The second kappa shape index (κ2) is 7.89. The van der Waals surface area contributed by atoms with Gasteiger partial charge in [-0.25, -0.2) is 4.79 Å². The molecule has 0 bridgehead atoms. The highest BCUT2D eigenvalue weighted by Crippen LogP contribution is 2.36. The highest BCUT2D eigenvalue weighted by molar-refractivity contribution is 5.94. The van der Waals surface area contributed by atoms with Crippen molar-refractivity contribution in [1.82, 2.24) is 10.2 Å². The average molecular weight is 371 g/mol.